The number of nitrogens with two attached hydrogens (primary N) is 1. The fourth-order valence-electron chi connectivity index (χ4n) is 1.79. The van der Waals surface area contributed by atoms with Crippen LogP contribution in [0.1, 0.15) is 22.7 Å². The summed E-state index contributed by atoms with van der Waals surface area (Å²) in [6, 6.07) is 1.34. The summed E-state index contributed by atoms with van der Waals surface area (Å²) in [5, 5.41) is 9.62. The number of benzene rings is 1. The molecule has 0 heterocycles. The lowest BCUT2D eigenvalue weighted by molar-refractivity contribution is 0.267. The lowest BCUT2D eigenvalue weighted by Crippen LogP contribution is -2.17. The van der Waals surface area contributed by atoms with Gasteiger partial charge < -0.3 is 15.6 Å². The molecule has 3 N–H and O–H groups in total. The van der Waals surface area contributed by atoms with E-state index in [9.17, 15) is 0 Å². The predicted molar refractivity (Wildman–Crippen MR) is 61.5 cm³/mol. The van der Waals surface area contributed by atoms with Crippen LogP contribution in [0.15, 0.2) is 6.07 Å². The number of aliphatic hydroxyl groups is 1. The maximum Gasteiger partial charge on any atom is 0.125 e. The van der Waals surface area contributed by atoms with Crippen LogP contribution < -0.4 is 10.5 Å². The van der Waals surface area contributed by atoms with Crippen LogP contribution >= 0.6 is 11.6 Å². The normalized spacial score (nSPS) is 12.7. The van der Waals surface area contributed by atoms with E-state index in [1.807, 2.05) is 13.8 Å². The Morgan fingerprint density at radius 1 is 1.53 bits per heavy atom. The highest BCUT2D eigenvalue weighted by molar-refractivity contribution is 6.31. The highest BCUT2D eigenvalue weighted by Crippen LogP contribution is 2.34. The molecular formula is C11H16ClNO2. The molecule has 0 spiro atoms. The summed E-state index contributed by atoms with van der Waals surface area (Å²) in [6.45, 7) is 3.68. The van der Waals surface area contributed by atoms with Crippen LogP contribution in [0.2, 0.25) is 5.02 Å². The van der Waals surface area contributed by atoms with Gasteiger partial charge in [-0.25, -0.2) is 0 Å². The molecule has 1 aromatic carbocycles. The summed E-state index contributed by atoms with van der Waals surface area (Å²) in [7, 11) is 1.61. The van der Waals surface area contributed by atoms with Crippen LogP contribution in [0, 0.1) is 13.8 Å². The fourth-order valence-corrected chi connectivity index (χ4v) is 2.24. The third kappa shape index (κ3) is 2.25. The van der Waals surface area contributed by atoms with E-state index in [0.29, 0.717) is 5.02 Å². The number of hydrogen-bond donors (Lipinski definition) is 2. The summed E-state index contributed by atoms with van der Waals surface area (Å²) in [5.74, 6) is 0.776. The van der Waals surface area contributed by atoms with Crippen molar-refractivity contribution in [3.63, 3.8) is 0 Å². The van der Waals surface area contributed by atoms with Crippen molar-refractivity contribution in [2.45, 2.75) is 19.9 Å². The minimum atomic E-state index is -0.466. The van der Waals surface area contributed by atoms with Crippen LogP contribution in [0.5, 0.6) is 5.75 Å². The Hall–Kier alpha value is -0.770. The highest BCUT2D eigenvalue weighted by atomic mass is 35.5. The Morgan fingerprint density at radius 2 is 2.13 bits per heavy atom. The lowest BCUT2D eigenvalue weighted by atomic mass is 9.98. The van der Waals surface area contributed by atoms with Crippen LogP contribution in [0.3, 0.4) is 0 Å². The van der Waals surface area contributed by atoms with Gasteiger partial charge in [-0.1, -0.05) is 11.6 Å². The van der Waals surface area contributed by atoms with Gasteiger partial charge in [0.05, 0.1) is 19.8 Å². The molecule has 84 valence electrons. The molecule has 0 aliphatic heterocycles. The summed E-state index contributed by atoms with van der Waals surface area (Å²) >= 11 is 6.09. The average molecular weight is 230 g/mol. The van der Waals surface area contributed by atoms with Gasteiger partial charge in [0.25, 0.3) is 0 Å². The molecule has 3 nitrogen and oxygen atoms in total. The average Bonchev–Trinajstić information content (AvgIpc) is 2.17. The van der Waals surface area contributed by atoms with Crippen LogP contribution in [0.25, 0.3) is 0 Å². The third-order valence-electron chi connectivity index (χ3n) is 2.47. The van der Waals surface area contributed by atoms with Gasteiger partial charge in [-0.05, 0) is 36.6 Å². The second kappa shape index (κ2) is 4.84. The first kappa shape index (κ1) is 12.3. The molecule has 0 amide bonds. The highest BCUT2D eigenvalue weighted by Gasteiger charge is 2.17. The van der Waals surface area contributed by atoms with Crippen molar-refractivity contribution in [2.75, 3.05) is 13.7 Å². The van der Waals surface area contributed by atoms with E-state index in [2.05, 4.69) is 0 Å². The number of halogens is 1. The first-order chi connectivity index (χ1) is 7.02. The SMILES string of the molecule is COc1c(C)cc(Cl)c(C(N)CO)c1C. The third-order valence-corrected chi connectivity index (χ3v) is 2.79. The first-order valence-corrected chi connectivity index (χ1v) is 5.10. The molecule has 1 rings (SSSR count). The predicted octanol–water partition coefficient (Wildman–Crippen LogP) is 1.96. The van der Waals surface area contributed by atoms with Crippen molar-refractivity contribution in [1.29, 1.82) is 0 Å². The number of aliphatic hydroxyl groups excluding tert-OH is 1. The molecule has 0 fully saturated rings. The Balaban J connectivity index is 3.38. The van der Waals surface area contributed by atoms with E-state index in [0.717, 1.165) is 22.4 Å². The molecule has 0 aliphatic carbocycles. The zero-order valence-corrected chi connectivity index (χ0v) is 9.93. The fraction of sp³-hybridized carbons (Fsp3) is 0.455. The van der Waals surface area contributed by atoms with E-state index in [1.165, 1.54) is 0 Å². The minimum absolute atomic E-state index is 0.132. The van der Waals surface area contributed by atoms with Crippen molar-refractivity contribution < 1.29 is 9.84 Å². The van der Waals surface area contributed by atoms with Crippen LogP contribution in [0.4, 0.5) is 0 Å². The number of methoxy groups -OCH3 is 1. The summed E-state index contributed by atoms with van der Waals surface area (Å²) in [4.78, 5) is 0. The van der Waals surface area contributed by atoms with Gasteiger partial charge in [0, 0.05) is 5.02 Å². The second-order valence-electron chi connectivity index (χ2n) is 3.54. The van der Waals surface area contributed by atoms with Gasteiger partial charge in [0.2, 0.25) is 0 Å². The number of ether oxygens (including phenoxy) is 1. The molecule has 15 heavy (non-hydrogen) atoms. The van der Waals surface area contributed by atoms with E-state index in [1.54, 1.807) is 13.2 Å². The van der Waals surface area contributed by atoms with Crippen molar-refractivity contribution >= 4 is 11.6 Å². The van der Waals surface area contributed by atoms with Gasteiger partial charge in [-0.2, -0.15) is 0 Å². The Bertz CT molecular complexity index is 366. The van der Waals surface area contributed by atoms with Gasteiger partial charge in [0.1, 0.15) is 5.75 Å². The second-order valence-corrected chi connectivity index (χ2v) is 3.94. The smallest absolute Gasteiger partial charge is 0.125 e. The Kier molecular flexibility index (Phi) is 3.97. The van der Waals surface area contributed by atoms with Gasteiger partial charge in [-0.15, -0.1) is 0 Å². The minimum Gasteiger partial charge on any atom is -0.496 e. The lowest BCUT2D eigenvalue weighted by Gasteiger charge is -2.18. The van der Waals surface area contributed by atoms with Gasteiger partial charge in [-0.3, -0.25) is 0 Å². The molecule has 0 saturated carbocycles. The maximum atomic E-state index is 9.05. The molecule has 0 aromatic heterocycles. The molecule has 0 saturated heterocycles. The molecular weight excluding hydrogens is 214 g/mol. The Labute approximate surface area is 94.8 Å². The topological polar surface area (TPSA) is 55.5 Å². The Morgan fingerprint density at radius 3 is 2.60 bits per heavy atom. The van der Waals surface area contributed by atoms with Gasteiger partial charge in [0.15, 0.2) is 0 Å². The molecule has 4 heteroatoms. The summed E-state index contributed by atoms with van der Waals surface area (Å²) in [5.41, 5.74) is 8.39. The molecule has 0 radical (unpaired) electrons. The van der Waals surface area contributed by atoms with Crippen molar-refractivity contribution in [2.24, 2.45) is 5.73 Å². The standard InChI is InChI=1S/C11H16ClNO2/c1-6-4-8(12)10(9(13)5-14)7(2)11(6)15-3/h4,9,14H,5,13H2,1-3H3. The van der Waals surface area contributed by atoms with Crippen LogP contribution in [-0.4, -0.2) is 18.8 Å². The van der Waals surface area contributed by atoms with Crippen LogP contribution in [-0.2, 0) is 0 Å². The largest absolute Gasteiger partial charge is 0.496 e. The molecule has 1 atom stereocenters. The first-order valence-electron chi connectivity index (χ1n) is 4.73. The summed E-state index contributed by atoms with van der Waals surface area (Å²) in [6.07, 6.45) is 0. The quantitative estimate of drug-likeness (QED) is 0.833. The van der Waals surface area contributed by atoms with E-state index < -0.39 is 6.04 Å². The maximum absolute atomic E-state index is 9.05. The zero-order chi connectivity index (χ0) is 11.6. The van der Waals surface area contributed by atoms with E-state index >= 15 is 0 Å². The molecule has 1 aromatic rings. The van der Waals surface area contributed by atoms with Crippen molar-refractivity contribution in [1.82, 2.24) is 0 Å². The molecule has 0 aliphatic rings. The monoisotopic (exact) mass is 229 g/mol. The van der Waals surface area contributed by atoms with E-state index in [-0.39, 0.29) is 6.61 Å². The summed E-state index contributed by atoms with van der Waals surface area (Å²) < 4.78 is 5.27. The molecule has 0 bridgehead atoms. The number of hydrogen-bond acceptors (Lipinski definition) is 3. The van der Waals surface area contributed by atoms with E-state index in [4.69, 9.17) is 27.2 Å². The number of aryl methyl sites for hydroxylation is 1. The van der Waals surface area contributed by atoms with Gasteiger partial charge >= 0.3 is 0 Å². The van der Waals surface area contributed by atoms with Crippen molar-refractivity contribution in [3.05, 3.63) is 27.8 Å². The zero-order valence-electron chi connectivity index (χ0n) is 9.17. The number of rotatable bonds is 3. The molecule has 1 unspecified atom stereocenters. The van der Waals surface area contributed by atoms with Crippen molar-refractivity contribution in [3.8, 4) is 5.75 Å².